The molecule has 0 atom stereocenters. The van der Waals surface area contributed by atoms with E-state index in [0.717, 1.165) is 0 Å². The van der Waals surface area contributed by atoms with Crippen molar-refractivity contribution >= 4 is 23.2 Å². The fourth-order valence-electron chi connectivity index (χ4n) is 1.41. The van der Waals surface area contributed by atoms with Crippen LogP contribution in [-0.4, -0.2) is 33.5 Å². The summed E-state index contributed by atoms with van der Waals surface area (Å²) in [7, 11) is 0. The van der Waals surface area contributed by atoms with Gasteiger partial charge in [0.1, 0.15) is 0 Å². The summed E-state index contributed by atoms with van der Waals surface area (Å²) in [4.78, 5) is 30.1. The second-order valence-electron chi connectivity index (χ2n) is 3.70. The number of hydrogen-bond acceptors (Lipinski definition) is 6. The number of carboxylic acids is 1. The van der Waals surface area contributed by atoms with Crippen LogP contribution in [0.2, 0.25) is 0 Å². The number of aromatic carboxylic acids is 1. The third-order valence-electron chi connectivity index (χ3n) is 2.35. The van der Waals surface area contributed by atoms with E-state index in [2.05, 4.69) is 15.3 Å². The number of aromatic nitrogens is 2. The molecule has 2 rings (SSSR count). The minimum Gasteiger partial charge on any atom is -0.476 e. The monoisotopic (exact) mass is 281 g/mol. The van der Waals surface area contributed by atoms with Crippen molar-refractivity contribution in [2.75, 3.05) is 6.54 Å². The molecule has 0 bridgehead atoms. The van der Waals surface area contributed by atoms with E-state index in [1.807, 2.05) is 0 Å². The molecule has 0 aliphatic heterocycles. The largest absolute Gasteiger partial charge is 0.476 e. The van der Waals surface area contributed by atoms with Crippen LogP contribution < -0.4 is 5.32 Å². The molecule has 0 aromatic carbocycles. The average Bonchev–Trinajstić information content (AvgIpc) is 2.97. The highest BCUT2D eigenvalue weighted by Gasteiger charge is 2.13. The summed E-state index contributed by atoms with van der Waals surface area (Å²) in [5, 5.41) is 13.5. The number of nitrogens with zero attached hydrogens (tertiary/aromatic N) is 2. The van der Waals surface area contributed by atoms with Crippen molar-refractivity contribution < 1.29 is 19.1 Å². The molecule has 7 nitrogen and oxygen atoms in total. The second-order valence-corrected chi connectivity index (χ2v) is 4.65. The molecule has 0 aliphatic rings. The first-order valence-corrected chi connectivity index (χ1v) is 6.32. The van der Waals surface area contributed by atoms with Crippen LogP contribution in [0, 0.1) is 6.92 Å². The van der Waals surface area contributed by atoms with Gasteiger partial charge in [0.15, 0.2) is 12.1 Å². The zero-order chi connectivity index (χ0) is 13.8. The highest BCUT2D eigenvalue weighted by Crippen LogP contribution is 2.10. The van der Waals surface area contributed by atoms with E-state index in [4.69, 9.17) is 9.52 Å². The number of carbonyl (C=O) groups is 2. The van der Waals surface area contributed by atoms with Crippen LogP contribution in [0.3, 0.4) is 0 Å². The predicted octanol–water partition coefficient (Wildman–Crippen LogP) is 1.11. The summed E-state index contributed by atoms with van der Waals surface area (Å²) in [6.07, 6.45) is 1.68. The first-order valence-electron chi connectivity index (χ1n) is 5.44. The molecule has 2 N–H and O–H groups in total. The van der Waals surface area contributed by atoms with Gasteiger partial charge < -0.3 is 14.8 Å². The Morgan fingerprint density at radius 2 is 2.32 bits per heavy atom. The Morgan fingerprint density at radius 1 is 1.53 bits per heavy atom. The number of carbonyl (C=O) groups excluding carboxylic acids is 1. The molecule has 0 saturated heterocycles. The third kappa shape index (κ3) is 3.16. The number of oxazole rings is 1. The third-order valence-corrected chi connectivity index (χ3v) is 3.26. The fraction of sp³-hybridized carbons (Fsp3) is 0.273. The van der Waals surface area contributed by atoms with Gasteiger partial charge in [-0.3, -0.25) is 4.79 Å². The number of rotatable bonds is 5. The maximum Gasteiger partial charge on any atom is 0.355 e. The lowest BCUT2D eigenvalue weighted by Crippen LogP contribution is -2.25. The lowest BCUT2D eigenvalue weighted by atomic mass is 10.3. The zero-order valence-corrected chi connectivity index (χ0v) is 10.9. The Morgan fingerprint density at radius 3 is 2.89 bits per heavy atom. The van der Waals surface area contributed by atoms with Crippen molar-refractivity contribution in [3.63, 3.8) is 0 Å². The topological polar surface area (TPSA) is 105 Å². The maximum absolute atomic E-state index is 11.7. The molecule has 19 heavy (non-hydrogen) atoms. The van der Waals surface area contributed by atoms with Crippen LogP contribution >= 0.6 is 11.3 Å². The summed E-state index contributed by atoms with van der Waals surface area (Å²) in [6.45, 7) is 2.03. The quantitative estimate of drug-likeness (QED) is 0.850. The maximum atomic E-state index is 11.7. The molecule has 2 aromatic heterocycles. The van der Waals surface area contributed by atoms with E-state index >= 15 is 0 Å². The molecule has 1 amide bonds. The van der Waals surface area contributed by atoms with Crippen LogP contribution in [0.1, 0.15) is 31.7 Å². The van der Waals surface area contributed by atoms with Gasteiger partial charge in [-0.1, -0.05) is 0 Å². The Hall–Kier alpha value is -2.22. The molecule has 100 valence electrons. The SMILES string of the molecule is Cc1ncoc1C(=O)NCCc1nc(C(=O)O)cs1. The van der Waals surface area contributed by atoms with Crippen LogP contribution in [0.4, 0.5) is 0 Å². The molecule has 8 heteroatoms. The van der Waals surface area contributed by atoms with Crippen molar-refractivity contribution in [2.24, 2.45) is 0 Å². The Balaban J connectivity index is 1.85. The second kappa shape index (κ2) is 5.61. The fourth-order valence-corrected chi connectivity index (χ4v) is 2.18. The van der Waals surface area contributed by atoms with Gasteiger partial charge in [-0.25, -0.2) is 14.8 Å². The van der Waals surface area contributed by atoms with Crippen LogP contribution in [0.15, 0.2) is 16.2 Å². The minimum absolute atomic E-state index is 0.0254. The lowest BCUT2D eigenvalue weighted by molar-refractivity contribution is 0.0690. The minimum atomic E-state index is -1.05. The lowest BCUT2D eigenvalue weighted by Gasteiger charge is -2.01. The molecule has 0 unspecified atom stereocenters. The van der Waals surface area contributed by atoms with Gasteiger partial charge in [0.05, 0.1) is 10.7 Å². The Kier molecular flexibility index (Phi) is 3.91. The van der Waals surface area contributed by atoms with Gasteiger partial charge in [0.25, 0.3) is 5.91 Å². The predicted molar refractivity (Wildman–Crippen MR) is 66.4 cm³/mol. The first-order chi connectivity index (χ1) is 9.08. The standard InChI is InChI=1S/C11H11N3O4S/c1-6-9(18-5-13-6)10(15)12-3-2-8-14-7(4-19-8)11(16)17/h4-5H,2-3H2,1H3,(H,12,15)(H,16,17). The van der Waals surface area contributed by atoms with Gasteiger partial charge in [-0.05, 0) is 6.92 Å². The van der Waals surface area contributed by atoms with Gasteiger partial charge in [0, 0.05) is 18.3 Å². The van der Waals surface area contributed by atoms with E-state index in [-0.39, 0.29) is 17.4 Å². The molecular formula is C11H11N3O4S. The van der Waals surface area contributed by atoms with Crippen molar-refractivity contribution in [3.8, 4) is 0 Å². The number of nitrogens with one attached hydrogen (secondary N) is 1. The van der Waals surface area contributed by atoms with Crippen molar-refractivity contribution in [1.29, 1.82) is 0 Å². The Bertz CT molecular complexity index is 605. The van der Waals surface area contributed by atoms with Crippen molar-refractivity contribution in [3.05, 3.63) is 33.9 Å². The summed E-state index contributed by atoms with van der Waals surface area (Å²) < 4.78 is 4.95. The van der Waals surface area contributed by atoms with Crippen LogP contribution in [-0.2, 0) is 6.42 Å². The van der Waals surface area contributed by atoms with Gasteiger partial charge in [-0.15, -0.1) is 11.3 Å². The summed E-state index contributed by atoms with van der Waals surface area (Å²) in [6, 6.07) is 0. The molecule has 2 heterocycles. The van der Waals surface area contributed by atoms with Gasteiger partial charge in [-0.2, -0.15) is 0 Å². The van der Waals surface area contributed by atoms with Gasteiger partial charge >= 0.3 is 5.97 Å². The Labute approximate surface area is 112 Å². The summed E-state index contributed by atoms with van der Waals surface area (Å²) >= 11 is 1.25. The normalized spacial score (nSPS) is 10.4. The molecule has 0 fully saturated rings. The van der Waals surface area contributed by atoms with Crippen LogP contribution in [0.5, 0.6) is 0 Å². The van der Waals surface area contributed by atoms with E-state index in [1.165, 1.54) is 23.1 Å². The number of amides is 1. The summed E-state index contributed by atoms with van der Waals surface area (Å²) in [5.74, 6) is -1.21. The number of aryl methyl sites for hydroxylation is 1. The first kappa shape index (κ1) is 13.2. The molecule has 0 spiro atoms. The molecule has 0 radical (unpaired) electrons. The van der Waals surface area contributed by atoms with Crippen molar-refractivity contribution in [2.45, 2.75) is 13.3 Å². The van der Waals surface area contributed by atoms with E-state index < -0.39 is 5.97 Å². The van der Waals surface area contributed by atoms with E-state index in [9.17, 15) is 9.59 Å². The van der Waals surface area contributed by atoms with Crippen LogP contribution in [0.25, 0.3) is 0 Å². The molecular weight excluding hydrogens is 270 g/mol. The zero-order valence-electron chi connectivity index (χ0n) is 10.0. The summed E-state index contributed by atoms with van der Waals surface area (Å²) in [5.41, 5.74) is 0.553. The molecule has 0 saturated carbocycles. The highest BCUT2D eigenvalue weighted by atomic mass is 32.1. The van der Waals surface area contributed by atoms with E-state index in [1.54, 1.807) is 6.92 Å². The highest BCUT2D eigenvalue weighted by molar-refractivity contribution is 7.09. The van der Waals surface area contributed by atoms with Crippen molar-refractivity contribution in [1.82, 2.24) is 15.3 Å². The molecule has 2 aromatic rings. The average molecular weight is 281 g/mol. The number of carboxylic acid groups (broad SMARTS) is 1. The van der Waals surface area contributed by atoms with E-state index in [0.29, 0.717) is 23.7 Å². The number of hydrogen-bond donors (Lipinski definition) is 2. The number of thiazole rings is 1. The smallest absolute Gasteiger partial charge is 0.355 e. The molecule has 0 aliphatic carbocycles. The van der Waals surface area contributed by atoms with Gasteiger partial charge in [0.2, 0.25) is 5.76 Å².